The van der Waals surface area contributed by atoms with Crippen molar-refractivity contribution in [2.24, 2.45) is 0 Å². The Bertz CT molecular complexity index is 1120. The van der Waals surface area contributed by atoms with Crippen LogP contribution in [0.5, 0.6) is 0 Å². The maximum absolute atomic E-state index is 14.3. The average Bonchev–Trinajstić information content (AvgIpc) is 3.21. The maximum atomic E-state index is 14.3. The maximum Gasteiger partial charge on any atom is 0.246 e. The van der Waals surface area contributed by atoms with Gasteiger partial charge in [0.2, 0.25) is 10.0 Å². The van der Waals surface area contributed by atoms with Crippen LogP contribution in [0.25, 0.3) is 10.2 Å². The fourth-order valence-corrected chi connectivity index (χ4v) is 6.63. The molecule has 142 valence electrons. The number of halogens is 2. The molecule has 3 aromatic rings. The fraction of sp³-hybridized carbons (Fsp3) is 0.235. The number of fused-ring (bicyclic) bond motifs is 1. The van der Waals surface area contributed by atoms with E-state index in [0.717, 1.165) is 14.9 Å². The zero-order valence-electron chi connectivity index (χ0n) is 13.9. The highest BCUT2D eigenvalue weighted by Gasteiger charge is 2.36. The number of thiophene rings is 1. The van der Waals surface area contributed by atoms with Crippen LogP contribution in [0.15, 0.2) is 41.4 Å². The molecule has 1 atom stereocenters. The molecule has 1 aromatic carbocycles. The van der Waals surface area contributed by atoms with Crippen LogP contribution in [0.1, 0.15) is 6.42 Å². The van der Waals surface area contributed by atoms with Crippen LogP contribution in [0.3, 0.4) is 0 Å². The van der Waals surface area contributed by atoms with E-state index in [4.69, 9.17) is 0 Å². The second-order valence-electron chi connectivity index (χ2n) is 6.17. The van der Waals surface area contributed by atoms with Crippen molar-refractivity contribution >= 4 is 64.9 Å². The first kappa shape index (κ1) is 19.0. The van der Waals surface area contributed by atoms with Crippen molar-refractivity contribution < 1.29 is 17.9 Å². The largest absolute Gasteiger partial charge is 0.392 e. The van der Waals surface area contributed by atoms with Crippen LogP contribution in [0, 0.1) is 9.39 Å². The van der Waals surface area contributed by atoms with Gasteiger partial charge < -0.3 is 10.4 Å². The Hall–Kier alpha value is -1.34. The lowest BCUT2D eigenvalue weighted by Crippen LogP contribution is -2.30. The monoisotopic (exact) mass is 519 g/mol. The lowest BCUT2D eigenvalue weighted by molar-refractivity contribution is 0.189. The molecular formula is C17H15FIN3O3S2. The molecule has 4 rings (SSSR count). The molecule has 0 spiro atoms. The van der Waals surface area contributed by atoms with Gasteiger partial charge in [0, 0.05) is 28.2 Å². The number of anilines is 2. The first-order valence-electron chi connectivity index (χ1n) is 8.14. The number of benzene rings is 1. The minimum atomic E-state index is -3.87. The molecule has 1 aliphatic heterocycles. The van der Waals surface area contributed by atoms with Gasteiger partial charge in [-0.2, -0.15) is 4.31 Å². The predicted octanol–water partition coefficient (Wildman–Crippen LogP) is 3.54. The van der Waals surface area contributed by atoms with Crippen LogP contribution in [0.2, 0.25) is 0 Å². The van der Waals surface area contributed by atoms with Crippen molar-refractivity contribution in [3.05, 3.63) is 45.9 Å². The quantitative estimate of drug-likeness (QED) is 0.516. The Kier molecular flexibility index (Phi) is 5.10. The molecule has 3 heterocycles. The first-order valence-corrected chi connectivity index (χ1v) is 11.5. The topological polar surface area (TPSA) is 82.5 Å². The van der Waals surface area contributed by atoms with E-state index in [1.807, 2.05) is 22.6 Å². The number of aliphatic hydroxyl groups is 1. The van der Waals surface area contributed by atoms with Gasteiger partial charge in [-0.05, 0) is 59.3 Å². The highest BCUT2D eigenvalue weighted by Crippen LogP contribution is 2.41. The number of hydrogen-bond donors (Lipinski definition) is 2. The minimum absolute atomic E-state index is 0.0528. The van der Waals surface area contributed by atoms with E-state index in [0.29, 0.717) is 21.6 Å². The van der Waals surface area contributed by atoms with Gasteiger partial charge in [-0.25, -0.2) is 17.8 Å². The second-order valence-corrected chi connectivity index (χ2v) is 10.3. The summed E-state index contributed by atoms with van der Waals surface area (Å²) < 4.78 is 42.8. The number of nitrogens with one attached hydrogen (secondary N) is 1. The number of nitrogens with zero attached hydrogens (tertiary/aromatic N) is 2. The van der Waals surface area contributed by atoms with Gasteiger partial charge in [0.1, 0.15) is 20.5 Å². The first-order chi connectivity index (χ1) is 12.9. The van der Waals surface area contributed by atoms with Gasteiger partial charge in [0.25, 0.3) is 0 Å². The van der Waals surface area contributed by atoms with Crippen LogP contribution < -0.4 is 5.32 Å². The molecule has 0 bridgehead atoms. The van der Waals surface area contributed by atoms with E-state index in [2.05, 4.69) is 10.3 Å². The number of hydrogen-bond acceptors (Lipinski definition) is 6. The molecule has 2 N–H and O–H groups in total. The highest BCUT2D eigenvalue weighted by atomic mass is 127. The molecule has 0 unspecified atom stereocenters. The molecule has 0 radical (unpaired) electrons. The molecule has 1 aliphatic rings. The fourth-order valence-electron chi connectivity index (χ4n) is 3.02. The van der Waals surface area contributed by atoms with Gasteiger partial charge in [0.15, 0.2) is 0 Å². The summed E-state index contributed by atoms with van der Waals surface area (Å²) in [7, 11) is -3.87. The summed E-state index contributed by atoms with van der Waals surface area (Å²) in [6.07, 6.45) is 1.31. The lowest BCUT2D eigenvalue weighted by atomic mass is 10.3. The molecule has 6 nitrogen and oxygen atoms in total. The predicted molar refractivity (Wildman–Crippen MR) is 111 cm³/mol. The lowest BCUT2D eigenvalue weighted by Gasteiger charge is -2.17. The van der Waals surface area contributed by atoms with Crippen molar-refractivity contribution in [2.45, 2.75) is 17.4 Å². The normalized spacial score (nSPS) is 18.3. The van der Waals surface area contributed by atoms with Gasteiger partial charge in [-0.15, -0.1) is 0 Å². The third-order valence-electron chi connectivity index (χ3n) is 4.32. The van der Waals surface area contributed by atoms with E-state index in [1.54, 1.807) is 30.5 Å². The number of aliphatic hydroxyl groups excluding tert-OH is 1. The van der Waals surface area contributed by atoms with E-state index >= 15 is 0 Å². The molecule has 10 heteroatoms. The molecule has 1 saturated heterocycles. The number of rotatable bonds is 4. The van der Waals surface area contributed by atoms with Crippen molar-refractivity contribution in [1.82, 2.24) is 9.29 Å². The second kappa shape index (κ2) is 7.24. The third-order valence-corrected chi connectivity index (χ3v) is 8.10. The standard InChI is InChI=1S/C17H15FIN3O3S2/c18-13-8-10(19)3-4-14(13)21-17-15(12-2-1-6-20-16(12)26-17)27(24,25)22-7-5-11(23)9-22/h1-4,6,8,11,21,23H,5,7,9H2/t11-/m1/s1. The van der Waals surface area contributed by atoms with Crippen molar-refractivity contribution in [3.8, 4) is 0 Å². The van der Waals surface area contributed by atoms with E-state index < -0.39 is 21.9 Å². The van der Waals surface area contributed by atoms with E-state index in [1.165, 1.54) is 10.4 Å². The SMILES string of the molecule is O=S(=O)(c1c(Nc2ccc(I)cc2F)sc2ncccc12)N1CC[C@@H](O)C1. The zero-order chi connectivity index (χ0) is 19.2. The Labute approximate surface area is 173 Å². The number of aromatic nitrogens is 1. The van der Waals surface area contributed by atoms with Gasteiger partial charge >= 0.3 is 0 Å². The van der Waals surface area contributed by atoms with Gasteiger partial charge in [-0.1, -0.05) is 11.3 Å². The molecule has 0 saturated carbocycles. The van der Waals surface area contributed by atoms with Crippen molar-refractivity contribution in [1.29, 1.82) is 0 Å². The summed E-state index contributed by atoms with van der Waals surface area (Å²) in [5.74, 6) is -0.466. The van der Waals surface area contributed by atoms with Crippen LogP contribution in [0.4, 0.5) is 15.1 Å². The highest BCUT2D eigenvalue weighted by molar-refractivity contribution is 14.1. The van der Waals surface area contributed by atoms with E-state index in [9.17, 15) is 17.9 Å². The zero-order valence-corrected chi connectivity index (χ0v) is 17.7. The number of β-amino-alcohol motifs (C(OH)–C–C–N with tert-alkyl or cyclic N) is 1. The molecule has 0 amide bonds. The van der Waals surface area contributed by atoms with Crippen molar-refractivity contribution in [3.63, 3.8) is 0 Å². The third kappa shape index (κ3) is 3.56. The molecular weight excluding hydrogens is 504 g/mol. The molecule has 1 fully saturated rings. The number of sulfonamides is 1. The van der Waals surface area contributed by atoms with Gasteiger partial charge in [-0.3, -0.25) is 0 Å². The summed E-state index contributed by atoms with van der Waals surface area (Å²) in [4.78, 5) is 4.86. The van der Waals surface area contributed by atoms with Crippen LogP contribution >= 0.6 is 33.9 Å². The van der Waals surface area contributed by atoms with E-state index in [-0.39, 0.29) is 23.7 Å². The Morgan fingerprint density at radius 1 is 1.37 bits per heavy atom. The summed E-state index contributed by atoms with van der Waals surface area (Å²) >= 11 is 3.17. The summed E-state index contributed by atoms with van der Waals surface area (Å²) in [6, 6.07) is 8.04. The molecule has 0 aliphatic carbocycles. The summed E-state index contributed by atoms with van der Waals surface area (Å²) in [5, 5.41) is 13.5. The number of pyridine rings is 1. The van der Waals surface area contributed by atoms with Crippen LogP contribution in [-0.4, -0.2) is 42.0 Å². The summed E-state index contributed by atoms with van der Waals surface area (Å²) in [5.41, 5.74) is 0.194. The smallest absolute Gasteiger partial charge is 0.246 e. The van der Waals surface area contributed by atoms with Crippen molar-refractivity contribution in [2.75, 3.05) is 18.4 Å². The molecule has 2 aromatic heterocycles. The van der Waals surface area contributed by atoms with Crippen LogP contribution in [-0.2, 0) is 10.0 Å². The Morgan fingerprint density at radius 2 is 2.19 bits per heavy atom. The van der Waals surface area contributed by atoms with Gasteiger partial charge in [0.05, 0.1) is 11.8 Å². The molecule has 27 heavy (non-hydrogen) atoms. The Balaban J connectivity index is 1.85. The summed E-state index contributed by atoms with van der Waals surface area (Å²) in [6.45, 7) is 0.301. The minimum Gasteiger partial charge on any atom is -0.392 e. The average molecular weight is 519 g/mol. The Morgan fingerprint density at radius 3 is 2.89 bits per heavy atom.